The van der Waals surface area contributed by atoms with Gasteiger partial charge in [0.2, 0.25) is 5.95 Å². The molecule has 0 spiro atoms. The number of rotatable bonds is 15. The highest BCUT2D eigenvalue weighted by Gasteiger charge is 1.98. The fourth-order valence-corrected chi connectivity index (χ4v) is 2.79. The molecule has 132 valence electrons. The molecular formula is C19H36N4. The molecule has 4 heteroatoms. The second-order valence-corrected chi connectivity index (χ2v) is 6.47. The van der Waals surface area contributed by atoms with Crippen molar-refractivity contribution in [2.45, 2.75) is 96.8 Å². The van der Waals surface area contributed by atoms with Crippen LogP contribution >= 0.6 is 0 Å². The zero-order chi connectivity index (χ0) is 16.6. The first-order valence-electron chi connectivity index (χ1n) is 9.64. The molecule has 0 aromatic carbocycles. The topological polar surface area (TPSA) is 67.6 Å². The Labute approximate surface area is 142 Å². The van der Waals surface area contributed by atoms with Crippen molar-refractivity contribution >= 4 is 5.95 Å². The number of aromatic nitrogens is 3. The number of aromatic amines is 1. The summed E-state index contributed by atoms with van der Waals surface area (Å²) in [5.74, 6) is 1.27. The zero-order valence-corrected chi connectivity index (χ0v) is 15.0. The third kappa shape index (κ3) is 11.8. The number of hydrogen-bond acceptors (Lipinski definition) is 3. The van der Waals surface area contributed by atoms with Gasteiger partial charge in [0.1, 0.15) is 5.82 Å². The van der Waals surface area contributed by atoms with Gasteiger partial charge in [-0.2, -0.15) is 4.98 Å². The Morgan fingerprint density at radius 2 is 1.39 bits per heavy atom. The lowest BCUT2D eigenvalue weighted by atomic mass is 10.1. The van der Waals surface area contributed by atoms with Gasteiger partial charge >= 0.3 is 0 Å². The average molecular weight is 321 g/mol. The van der Waals surface area contributed by atoms with E-state index in [0.29, 0.717) is 5.95 Å². The van der Waals surface area contributed by atoms with Crippen LogP contribution in [0.3, 0.4) is 0 Å². The molecule has 0 atom stereocenters. The molecule has 0 bridgehead atoms. The summed E-state index contributed by atoms with van der Waals surface area (Å²) >= 11 is 0. The van der Waals surface area contributed by atoms with E-state index in [1.54, 1.807) is 0 Å². The van der Waals surface area contributed by atoms with Gasteiger partial charge < -0.3 is 5.73 Å². The van der Waals surface area contributed by atoms with Gasteiger partial charge in [-0.1, -0.05) is 70.4 Å². The number of nitrogens with one attached hydrogen (secondary N) is 1. The molecule has 1 aromatic heterocycles. The van der Waals surface area contributed by atoms with Crippen LogP contribution in [0.5, 0.6) is 0 Å². The van der Waals surface area contributed by atoms with Crippen molar-refractivity contribution in [2.75, 3.05) is 5.73 Å². The minimum Gasteiger partial charge on any atom is -0.367 e. The molecule has 0 aliphatic heterocycles. The largest absolute Gasteiger partial charge is 0.367 e. The van der Waals surface area contributed by atoms with Crippen molar-refractivity contribution in [1.29, 1.82) is 0 Å². The molecule has 0 unspecified atom stereocenters. The quantitative estimate of drug-likeness (QED) is 0.327. The van der Waals surface area contributed by atoms with E-state index in [-0.39, 0.29) is 0 Å². The Morgan fingerprint density at radius 1 is 0.826 bits per heavy atom. The van der Waals surface area contributed by atoms with Crippen molar-refractivity contribution in [3.63, 3.8) is 0 Å². The van der Waals surface area contributed by atoms with Crippen molar-refractivity contribution in [3.8, 4) is 0 Å². The molecule has 1 aromatic rings. The average Bonchev–Trinajstić information content (AvgIpc) is 2.96. The van der Waals surface area contributed by atoms with Gasteiger partial charge in [-0.05, 0) is 32.1 Å². The molecule has 3 N–H and O–H groups in total. The number of nitrogen functional groups attached to an aromatic ring is 1. The Kier molecular flexibility index (Phi) is 12.3. The molecule has 0 aliphatic rings. The smallest absolute Gasteiger partial charge is 0.239 e. The van der Waals surface area contributed by atoms with E-state index < -0.39 is 0 Å². The number of H-pyrrole nitrogens is 1. The van der Waals surface area contributed by atoms with Gasteiger partial charge in [0.15, 0.2) is 0 Å². The fraction of sp³-hybridized carbons (Fsp3) is 0.789. The van der Waals surface area contributed by atoms with E-state index in [4.69, 9.17) is 5.73 Å². The van der Waals surface area contributed by atoms with E-state index in [0.717, 1.165) is 12.2 Å². The van der Waals surface area contributed by atoms with E-state index in [1.165, 1.54) is 83.5 Å². The lowest BCUT2D eigenvalue weighted by Crippen LogP contribution is -1.90. The number of unbranched alkanes of at least 4 members (excludes halogenated alkanes) is 11. The maximum absolute atomic E-state index is 5.47. The van der Waals surface area contributed by atoms with Crippen LogP contribution in [-0.4, -0.2) is 15.2 Å². The molecule has 0 amide bonds. The number of aryl methyl sites for hydroxylation is 1. The first-order valence-corrected chi connectivity index (χ1v) is 9.64. The maximum atomic E-state index is 5.47. The van der Waals surface area contributed by atoms with E-state index in [9.17, 15) is 0 Å². The van der Waals surface area contributed by atoms with Crippen LogP contribution in [0.2, 0.25) is 0 Å². The van der Waals surface area contributed by atoms with E-state index >= 15 is 0 Å². The summed E-state index contributed by atoms with van der Waals surface area (Å²) in [7, 11) is 0. The van der Waals surface area contributed by atoms with Crippen molar-refractivity contribution in [3.05, 3.63) is 18.0 Å². The normalized spacial score (nSPS) is 11.5. The number of hydrogen-bond donors (Lipinski definition) is 2. The number of allylic oxidation sites excluding steroid dienone is 2. The molecule has 1 heterocycles. The highest BCUT2D eigenvalue weighted by atomic mass is 15.3. The first kappa shape index (κ1) is 19.7. The maximum Gasteiger partial charge on any atom is 0.239 e. The first-order chi connectivity index (χ1) is 11.3. The summed E-state index contributed by atoms with van der Waals surface area (Å²) in [6, 6.07) is 0. The van der Waals surface area contributed by atoms with Crippen molar-refractivity contribution in [1.82, 2.24) is 15.2 Å². The third-order valence-electron chi connectivity index (χ3n) is 4.22. The Morgan fingerprint density at radius 3 is 1.96 bits per heavy atom. The minimum atomic E-state index is 0.354. The van der Waals surface area contributed by atoms with E-state index in [2.05, 4.69) is 34.3 Å². The lowest BCUT2D eigenvalue weighted by molar-refractivity contribution is 0.606. The van der Waals surface area contributed by atoms with Crippen molar-refractivity contribution < 1.29 is 0 Å². The predicted octanol–water partition coefficient (Wildman–Crippen LogP) is 5.58. The standard InChI is InChI=1S/C19H36N4/c1-2-3-4-5-6-7-8-9-10-11-12-13-14-15-16-17-18-21-19(20)23-22-18/h9-10H,2-8,11-17H2,1H3,(H3,20,21,22,23)/b10-9-. The molecule has 0 saturated carbocycles. The van der Waals surface area contributed by atoms with Gasteiger partial charge in [-0.3, -0.25) is 5.10 Å². The van der Waals surface area contributed by atoms with Gasteiger partial charge in [-0.25, -0.2) is 0 Å². The molecule has 0 fully saturated rings. The zero-order valence-electron chi connectivity index (χ0n) is 15.0. The summed E-state index contributed by atoms with van der Waals surface area (Å²) < 4.78 is 0. The highest BCUT2D eigenvalue weighted by Crippen LogP contribution is 2.10. The Bertz CT molecular complexity index is 398. The summed E-state index contributed by atoms with van der Waals surface area (Å²) in [6.45, 7) is 2.27. The Balaban J connectivity index is 1.78. The van der Waals surface area contributed by atoms with Crippen LogP contribution in [0.4, 0.5) is 5.95 Å². The summed E-state index contributed by atoms with van der Waals surface area (Å²) in [5, 5.41) is 6.70. The lowest BCUT2D eigenvalue weighted by Gasteiger charge is -1.99. The van der Waals surface area contributed by atoms with Gasteiger partial charge in [0.05, 0.1) is 0 Å². The SMILES string of the molecule is CCCCCCCC/C=C\CCCCCCCc1nc(N)n[nH]1. The van der Waals surface area contributed by atoms with E-state index in [1.807, 2.05) is 0 Å². The van der Waals surface area contributed by atoms with Crippen molar-refractivity contribution in [2.24, 2.45) is 0 Å². The van der Waals surface area contributed by atoms with Gasteiger partial charge in [-0.15, -0.1) is 5.10 Å². The molecule has 0 saturated heterocycles. The van der Waals surface area contributed by atoms with Crippen LogP contribution < -0.4 is 5.73 Å². The molecule has 4 nitrogen and oxygen atoms in total. The second-order valence-electron chi connectivity index (χ2n) is 6.47. The van der Waals surface area contributed by atoms with Gasteiger partial charge in [0.25, 0.3) is 0 Å². The fourth-order valence-electron chi connectivity index (χ4n) is 2.79. The number of anilines is 1. The molecule has 23 heavy (non-hydrogen) atoms. The van der Waals surface area contributed by atoms with Crippen LogP contribution in [0.25, 0.3) is 0 Å². The predicted molar refractivity (Wildman–Crippen MR) is 99.3 cm³/mol. The Hall–Kier alpha value is -1.32. The van der Waals surface area contributed by atoms with Crippen LogP contribution in [0, 0.1) is 0 Å². The van der Waals surface area contributed by atoms with Crippen LogP contribution in [0.1, 0.15) is 96.2 Å². The van der Waals surface area contributed by atoms with Gasteiger partial charge in [0, 0.05) is 6.42 Å². The monoisotopic (exact) mass is 320 g/mol. The molecule has 0 aliphatic carbocycles. The molecule has 1 rings (SSSR count). The molecule has 0 radical (unpaired) electrons. The minimum absolute atomic E-state index is 0.354. The third-order valence-corrected chi connectivity index (χ3v) is 4.22. The number of nitrogens with two attached hydrogens (primary N) is 1. The summed E-state index contributed by atoms with van der Waals surface area (Å²) in [6.07, 6.45) is 23.0. The summed E-state index contributed by atoms with van der Waals surface area (Å²) in [5.41, 5.74) is 5.47. The highest BCUT2D eigenvalue weighted by molar-refractivity contribution is 5.12. The second kappa shape index (κ2) is 14.3. The summed E-state index contributed by atoms with van der Waals surface area (Å²) in [4.78, 5) is 4.12. The van der Waals surface area contributed by atoms with Crippen LogP contribution in [-0.2, 0) is 6.42 Å². The number of nitrogens with zero attached hydrogens (tertiary/aromatic N) is 2. The van der Waals surface area contributed by atoms with Crippen LogP contribution in [0.15, 0.2) is 12.2 Å². The molecular weight excluding hydrogens is 284 g/mol.